The predicted molar refractivity (Wildman–Crippen MR) is 66.5 cm³/mol. The van der Waals surface area contributed by atoms with E-state index < -0.39 is 7.12 Å². The standard InChI is InChI=1S/C12H23BO4/c1-6-16-11(14)9-7-10(9)13(15)17-12(4,5)8(2)3/h8-10,15H,6-7H2,1-5H3. The molecule has 1 rings (SSSR count). The summed E-state index contributed by atoms with van der Waals surface area (Å²) in [5, 5.41) is 9.93. The molecule has 1 N–H and O–H groups in total. The number of esters is 1. The van der Waals surface area contributed by atoms with Crippen LogP contribution >= 0.6 is 0 Å². The van der Waals surface area contributed by atoms with E-state index in [1.807, 2.05) is 27.7 Å². The summed E-state index contributed by atoms with van der Waals surface area (Å²) in [7, 11) is -0.873. The van der Waals surface area contributed by atoms with Gasteiger partial charge in [0, 0.05) is 5.82 Å². The molecule has 0 bridgehead atoms. The second kappa shape index (κ2) is 5.40. The lowest BCUT2D eigenvalue weighted by Gasteiger charge is -2.31. The molecule has 17 heavy (non-hydrogen) atoms. The lowest BCUT2D eigenvalue weighted by molar-refractivity contribution is -0.144. The molecule has 1 aliphatic carbocycles. The monoisotopic (exact) mass is 242 g/mol. The molecule has 2 unspecified atom stereocenters. The van der Waals surface area contributed by atoms with Crippen LogP contribution in [0.4, 0.5) is 0 Å². The van der Waals surface area contributed by atoms with E-state index in [9.17, 15) is 9.82 Å². The molecule has 0 aromatic carbocycles. The van der Waals surface area contributed by atoms with E-state index in [1.54, 1.807) is 6.92 Å². The third kappa shape index (κ3) is 3.71. The van der Waals surface area contributed by atoms with Crippen LogP contribution in [-0.4, -0.2) is 30.3 Å². The van der Waals surface area contributed by atoms with E-state index in [-0.39, 0.29) is 23.3 Å². The highest BCUT2D eigenvalue weighted by Gasteiger charge is 2.53. The van der Waals surface area contributed by atoms with Crippen molar-refractivity contribution in [1.82, 2.24) is 0 Å². The van der Waals surface area contributed by atoms with Gasteiger partial charge in [0.25, 0.3) is 0 Å². The molecule has 0 aromatic heterocycles. The number of carbonyl (C=O) groups is 1. The minimum Gasteiger partial charge on any atom is -0.466 e. The van der Waals surface area contributed by atoms with Gasteiger partial charge in [0.1, 0.15) is 0 Å². The third-order valence-corrected chi connectivity index (χ3v) is 3.61. The minimum absolute atomic E-state index is 0.105. The van der Waals surface area contributed by atoms with Crippen LogP contribution in [0.1, 0.15) is 41.0 Å². The number of ether oxygens (including phenoxy) is 1. The van der Waals surface area contributed by atoms with E-state index in [0.29, 0.717) is 18.9 Å². The summed E-state index contributed by atoms with van der Waals surface area (Å²) in [6.45, 7) is 10.1. The molecule has 0 aromatic rings. The average molecular weight is 242 g/mol. The van der Waals surface area contributed by atoms with Gasteiger partial charge < -0.3 is 14.4 Å². The summed E-state index contributed by atoms with van der Waals surface area (Å²) in [6.07, 6.45) is 0.661. The highest BCUT2D eigenvalue weighted by molar-refractivity contribution is 6.47. The van der Waals surface area contributed by atoms with Crippen LogP contribution in [0.2, 0.25) is 5.82 Å². The Hall–Kier alpha value is -0.545. The zero-order valence-electron chi connectivity index (χ0n) is 11.4. The Bertz CT molecular complexity index is 278. The highest BCUT2D eigenvalue weighted by Crippen LogP contribution is 2.48. The van der Waals surface area contributed by atoms with Gasteiger partial charge in [-0.25, -0.2) is 0 Å². The summed E-state index contributed by atoms with van der Waals surface area (Å²) >= 11 is 0. The van der Waals surface area contributed by atoms with Gasteiger partial charge in [-0.05, 0) is 33.1 Å². The van der Waals surface area contributed by atoms with Crippen molar-refractivity contribution < 1.29 is 19.2 Å². The molecule has 4 nitrogen and oxygen atoms in total. The van der Waals surface area contributed by atoms with Crippen molar-refractivity contribution in [2.75, 3.05) is 6.61 Å². The Morgan fingerprint density at radius 1 is 1.53 bits per heavy atom. The lowest BCUT2D eigenvalue weighted by Crippen LogP contribution is -2.38. The second-order valence-corrected chi connectivity index (χ2v) is 5.52. The summed E-state index contributed by atoms with van der Waals surface area (Å²) in [6, 6.07) is 0. The first kappa shape index (κ1) is 14.5. The fraction of sp³-hybridized carbons (Fsp3) is 0.917. The van der Waals surface area contributed by atoms with Gasteiger partial charge in [0.05, 0.1) is 18.1 Å². The van der Waals surface area contributed by atoms with Crippen LogP contribution in [0.3, 0.4) is 0 Å². The van der Waals surface area contributed by atoms with Crippen LogP contribution in [0.5, 0.6) is 0 Å². The van der Waals surface area contributed by atoms with Crippen molar-refractivity contribution in [3.8, 4) is 0 Å². The maximum absolute atomic E-state index is 11.4. The third-order valence-electron chi connectivity index (χ3n) is 3.61. The Morgan fingerprint density at radius 3 is 2.59 bits per heavy atom. The molecule has 1 saturated carbocycles. The first-order valence-electron chi connectivity index (χ1n) is 6.32. The van der Waals surface area contributed by atoms with Gasteiger partial charge in [-0.15, -0.1) is 0 Å². The first-order chi connectivity index (χ1) is 7.79. The minimum atomic E-state index is -0.873. The number of hydrogen-bond donors (Lipinski definition) is 1. The molecule has 0 radical (unpaired) electrons. The maximum Gasteiger partial charge on any atom is 0.458 e. The van der Waals surface area contributed by atoms with E-state index in [1.165, 1.54) is 0 Å². The molecular formula is C12H23BO4. The summed E-state index contributed by atoms with van der Waals surface area (Å²) < 4.78 is 10.5. The van der Waals surface area contributed by atoms with Crippen molar-refractivity contribution in [1.29, 1.82) is 0 Å². The van der Waals surface area contributed by atoms with Gasteiger partial charge in [0.2, 0.25) is 0 Å². The Kier molecular flexibility index (Phi) is 4.61. The summed E-state index contributed by atoms with van der Waals surface area (Å²) in [5.74, 6) is -0.209. The van der Waals surface area contributed by atoms with Crippen LogP contribution in [0.15, 0.2) is 0 Å². The number of hydrogen-bond acceptors (Lipinski definition) is 4. The fourth-order valence-electron chi connectivity index (χ4n) is 1.58. The largest absolute Gasteiger partial charge is 0.466 e. The maximum atomic E-state index is 11.4. The molecule has 0 heterocycles. The number of rotatable bonds is 6. The molecule has 0 spiro atoms. The fourth-order valence-corrected chi connectivity index (χ4v) is 1.58. The van der Waals surface area contributed by atoms with E-state index >= 15 is 0 Å². The Labute approximate surface area is 104 Å². The smallest absolute Gasteiger partial charge is 0.458 e. The molecule has 0 amide bonds. The van der Waals surface area contributed by atoms with E-state index in [4.69, 9.17) is 9.39 Å². The predicted octanol–water partition coefficient (Wildman–Crippen LogP) is 1.87. The molecule has 1 fully saturated rings. The Balaban J connectivity index is 2.42. The average Bonchev–Trinajstić information content (AvgIpc) is 2.96. The second-order valence-electron chi connectivity index (χ2n) is 5.52. The molecular weight excluding hydrogens is 219 g/mol. The van der Waals surface area contributed by atoms with Crippen molar-refractivity contribution in [2.45, 2.75) is 52.5 Å². The molecule has 2 atom stereocenters. The van der Waals surface area contributed by atoms with Gasteiger partial charge in [-0.3, -0.25) is 4.79 Å². The quantitative estimate of drug-likeness (QED) is 0.570. The van der Waals surface area contributed by atoms with Gasteiger partial charge in [0.15, 0.2) is 0 Å². The lowest BCUT2D eigenvalue weighted by atomic mass is 9.78. The normalized spacial score (nSPS) is 23.7. The molecule has 0 saturated heterocycles. The van der Waals surface area contributed by atoms with Gasteiger partial charge in [-0.2, -0.15) is 0 Å². The first-order valence-corrected chi connectivity index (χ1v) is 6.32. The molecule has 5 heteroatoms. The van der Waals surface area contributed by atoms with Gasteiger partial charge in [-0.1, -0.05) is 13.8 Å². The van der Waals surface area contributed by atoms with Crippen molar-refractivity contribution in [3.63, 3.8) is 0 Å². The topological polar surface area (TPSA) is 55.8 Å². The van der Waals surface area contributed by atoms with E-state index in [0.717, 1.165) is 0 Å². The summed E-state index contributed by atoms with van der Waals surface area (Å²) in [5.41, 5.74) is -0.388. The van der Waals surface area contributed by atoms with Crippen LogP contribution < -0.4 is 0 Å². The molecule has 1 aliphatic rings. The molecule has 98 valence electrons. The zero-order chi connectivity index (χ0) is 13.2. The zero-order valence-corrected chi connectivity index (χ0v) is 11.4. The van der Waals surface area contributed by atoms with Crippen LogP contribution in [-0.2, 0) is 14.2 Å². The van der Waals surface area contributed by atoms with E-state index in [2.05, 4.69) is 0 Å². The van der Waals surface area contributed by atoms with Gasteiger partial charge >= 0.3 is 13.1 Å². The Morgan fingerprint density at radius 2 is 2.12 bits per heavy atom. The molecule has 0 aliphatic heterocycles. The van der Waals surface area contributed by atoms with Crippen LogP contribution in [0, 0.1) is 11.8 Å². The van der Waals surface area contributed by atoms with Crippen molar-refractivity contribution in [3.05, 3.63) is 0 Å². The van der Waals surface area contributed by atoms with Crippen molar-refractivity contribution >= 4 is 13.1 Å². The highest BCUT2D eigenvalue weighted by atomic mass is 16.5. The summed E-state index contributed by atoms with van der Waals surface area (Å²) in [4.78, 5) is 11.4. The van der Waals surface area contributed by atoms with Crippen LogP contribution in [0.25, 0.3) is 0 Å². The van der Waals surface area contributed by atoms with Crippen molar-refractivity contribution in [2.24, 2.45) is 11.8 Å². The SMILES string of the molecule is CCOC(=O)C1CC1B(O)OC(C)(C)C(C)C. The number of carbonyl (C=O) groups excluding carboxylic acids is 1.